The van der Waals surface area contributed by atoms with E-state index < -0.39 is 42.3 Å². The molecule has 3 rings (SSSR count). The molecule has 3 heterocycles. The molecule has 1 aromatic heterocycles. The molecule has 0 aromatic carbocycles. The molecule has 2 N–H and O–H groups in total. The van der Waals surface area contributed by atoms with Gasteiger partial charge in [-0.15, -0.1) is 0 Å². The minimum absolute atomic E-state index is 0.0241. The molecule has 0 spiro atoms. The molecule has 6 nitrogen and oxygen atoms in total. The zero-order valence-corrected chi connectivity index (χ0v) is 10.9. The van der Waals surface area contributed by atoms with Crippen molar-refractivity contribution in [2.24, 2.45) is 0 Å². The zero-order chi connectivity index (χ0) is 15.6. The lowest BCUT2D eigenvalue weighted by Crippen LogP contribution is -2.52. The standard InChI is InChI=1S/C10H8F4N2O4S/c11-9(10(12,13)14)5-8(3-17,19-5)20-6(9)16-2-1-4(21)15-7(16)18/h1-2,5-6,17H,3H2,(H,15,18,21)/t5-,6+,8?,9?/m0/s1. The van der Waals surface area contributed by atoms with Gasteiger partial charge in [-0.05, 0) is 6.07 Å². The van der Waals surface area contributed by atoms with Gasteiger partial charge in [-0.25, -0.2) is 9.18 Å². The number of rotatable bonds is 2. The Morgan fingerprint density at radius 3 is 2.67 bits per heavy atom. The van der Waals surface area contributed by atoms with Crippen LogP contribution < -0.4 is 5.69 Å². The molecule has 21 heavy (non-hydrogen) atoms. The van der Waals surface area contributed by atoms with Gasteiger partial charge < -0.3 is 14.6 Å². The smallest absolute Gasteiger partial charge is 0.391 e. The molecule has 4 atom stereocenters. The maximum absolute atomic E-state index is 14.6. The number of H-pyrrole nitrogens is 1. The number of aliphatic hydroxyl groups excluding tert-OH is 1. The van der Waals surface area contributed by atoms with Gasteiger partial charge in [0.2, 0.25) is 5.79 Å². The summed E-state index contributed by atoms with van der Waals surface area (Å²) in [6.07, 6.45) is -8.82. The third-order valence-corrected chi connectivity index (χ3v) is 3.71. The predicted molar refractivity (Wildman–Crippen MR) is 60.6 cm³/mol. The van der Waals surface area contributed by atoms with Gasteiger partial charge in [-0.3, -0.25) is 9.55 Å². The Morgan fingerprint density at radius 1 is 1.48 bits per heavy atom. The minimum atomic E-state index is -5.36. The highest BCUT2D eigenvalue weighted by atomic mass is 32.1. The molecule has 116 valence electrons. The Morgan fingerprint density at radius 2 is 2.14 bits per heavy atom. The number of ether oxygens (including phenoxy) is 2. The van der Waals surface area contributed by atoms with Crippen LogP contribution in [0.5, 0.6) is 0 Å². The number of fused-ring (bicyclic) bond motifs is 1. The average molecular weight is 328 g/mol. The number of aliphatic hydroxyl groups is 1. The Labute approximate surface area is 118 Å². The SMILES string of the molecule is O=c1[nH]c(=S)ccn1[C@@H]1OC2(CO)O[C@@H]2C1(F)C(F)(F)F. The second kappa shape index (κ2) is 4.12. The van der Waals surface area contributed by atoms with Crippen molar-refractivity contribution in [1.82, 2.24) is 9.55 Å². The number of halogens is 4. The molecule has 0 amide bonds. The lowest BCUT2D eigenvalue weighted by atomic mass is 9.98. The molecule has 0 aliphatic carbocycles. The second-order valence-electron chi connectivity index (χ2n) is 4.72. The second-order valence-corrected chi connectivity index (χ2v) is 5.16. The zero-order valence-electron chi connectivity index (χ0n) is 10.1. The lowest BCUT2D eigenvalue weighted by Gasteiger charge is -2.30. The molecule has 2 aliphatic rings. The Bertz CT molecular complexity index is 703. The molecule has 1 aromatic rings. The van der Waals surface area contributed by atoms with Crippen molar-refractivity contribution >= 4 is 12.2 Å². The highest BCUT2D eigenvalue weighted by Gasteiger charge is 2.86. The molecule has 11 heteroatoms. The fourth-order valence-electron chi connectivity index (χ4n) is 2.38. The maximum atomic E-state index is 14.6. The van der Waals surface area contributed by atoms with Crippen LogP contribution in [0.1, 0.15) is 6.23 Å². The van der Waals surface area contributed by atoms with Crippen molar-refractivity contribution in [3.05, 3.63) is 27.4 Å². The number of hydrogen-bond acceptors (Lipinski definition) is 5. The van der Waals surface area contributed by atoms with Crippen molar-refractivity contribution < 1.29 is 32.1 Å². The monoisotopic (exact) mass is 328 g/mol. The van der Waals surface area contributed by atoms with E-state index in [0.717, 1.165) is 12.3 Å². The molecule has 0 bridgehead atoms. The molecule has 2 saturated heterocycles. The van der Waals surface area contributed by atoms with Crippen LogP contribution in [0.15, 0.2) is 17.1 Å². The predicted octanol–water partition coefficient (Wildman–Crippen LogP) is 0.793. The summed E-state index contributed by atoms with van der Waals surface area (Å²) in [6.45, 7) is -0.965. The first-order valence-corrected chi connectivity index (χ1v) is 6.10. The largest absolute Gasteiger partial charge is 0.429 e. The van der Waals surface area contributed by atoms with Gasteiger partial charge >= 0.3 is 11.9 Å². The summed E-state index contributed by atoms with van der Waals surface area (Å²) in [6, 6.07) is 1.12. The van der Waals surface area contributed by atoms with E-state index in [1.165, 1.54) is 0 Å². The first-order chi connectivity index (χ1) is 9.65. The van der Waals surface area contributed by atoms with Gasteiger partial charge in [0.25, 0.3) is 5.67 Å². The fourth-order valence-corrected chi connectivity index (χ4v) is 2.53. The van der Waals surface area contributed by atoms with Crippen molar-refractivity contribution in [3.63, 3.8) is 0 Å². The van der Waals surface area contributed by atoms with Crippen molar-refractivity contribution in [2.45, 2.75) is 30.0 Å². The maximum Gasteiger partial charge on any atom is 0.429 e. The molecule has 2 aliphatic heterocycles. The summed E-state index contributed by atoms with van der Waals surface area (Å²) in [7, 11) is 0. The lowest BCUT2D eigenvalue weighted by molar-refractivity contribution is -0.290. The minimum Gasteiger partial charge on any atom is -0.391 e. The van der Waals surface area contributed by atoms with E-state index in [1.54, 1.807) is 0 Å². The van der Waals surface area contributed by atoms with Crippen LogP contribution in [-0.4, -0.2) is 45.0 Å². The molecule has 0 radical (unpaired) electrons. The van der Waals surface area contributed by atoms with Crippen LogP contribution in [0, 0.1) is 4.64 Å². The van der Waals surface area contributed by atoms with Gasteiger partial charge in [0.1, 0.15) is 11.2 Å². The molecule has 2 unspecified atom stereocenters. The van der Waals surface area contributed by atoms with Crippen LogP contribution in [0.25, 0.3) is 0 Å². The fraction of sp³-hybridized carbons (Fsp3) is 0.600. The first-order valence-electron chi connectivity index (χ1n) is 5.69. The van der Waals surface area contributed by atoms with Crippen molar-refractivity contribution in [1.29, 1.82) is 0 Å². The summed E-state index contributed by atoms with van der Waals surface area (Å²) in [5.41, 5.74) is -5.02. The van der Waals surface area contributed by atoms with Crippen LogP contribution in [0.4, 0.5) is 17.6 Å². The summed E-state index contributed by atoms with van der Waals surface area (Å²) in [4.78, 5) is 13.7. The van der Waals surface area contributed by atoms with Crippen molar-refractivity contribution in [2.75, 3.05) is 6.61 Å². The molecular weight excluding hydrogens is 320 g/mol. The van der Waals surface area contributed by atoms with E-state index in [-0.39, 0.29) is 4.64 Å². The van der Waals surface area contributed by atoms with E-state index in [4.69, 9.17) is 9.84 Å². The summed E-state index contributed by atoms with van der Waals surface area (Å²) >= 11 is 4.65. The Kier molecular flexibility index (Phi) is 2.87. The molecule has 0 saturated carbocycles. The quantitative estimate of drug-likeness (QED) is 0.477. The normalized spacial score (nSPS) is 38.3. The van der Waals surface area contributed by atoms with Crippen LogP contribution in [0.2, 0.25) is 0 Å². The summed E-state index contributed by atoms with van der Waals surface area (Å²) in [5.74, 6) is -2.08. The third kappa shape index (κ3) is 1.81. The Hall–Kier alpha value is -1.30. The number of aromatic nitrogens is 2. The van der Waals surface area contributed by atoms with Crippen LogP contribution in [0.3, 0.4) is 0 Å². The average Bonchev–Trinajstić information content (AvgIpc) is 3.04. The van der Waals surface area contributed by atoms with Gasteiger partial charge in [-0.2, -0.15) is 13.2 Å². The van der Waals surface area contributed by atoms with Crippen molar-refractivity contribution in [3.8, 4) is 0 Å². The number of hydrogen-bond donors (Lipinski definition) is 2. The van der Waals surface area contributed by atoms with Gasteiger partial charge in [0, 0.05) is 6.20 Å². The highest BCUT2D eigenvalue weighted by molar-refractivity contribution is 7.71. The van der Waals surface area contributed by atoms with E-state index in [9.17, 15) is 22.4 Å². The highest BCUT2D eigenvalue weighted by Crippen LogP contribution is 2.63. The summed E-state index contributed by atoms with van der Waals surface area (Å²) < 4.78 is 63.7. The molecular formula is C10H8F4N2O4S. The van der Waals surface area contributed by atoms with Crippen LogP contribution in [-0.2, 0) is 9.47 Å². The van der Waals surface area contributed by atoms with Gasteiger partial charge in [0.15, 0.2) is 12.3 Å². The third-order valence-electron chi connectivity index (χ3n) is 3.47. The number of aromatic amines is 1. The summed E-state index contributed by atoms with van der Waals surface area (Å²) in [5, 5.41) is 9.05. The van der Waals surface area contributed by atoms with Gasteiger partial charge in [-0.1, -0.05) is 12.2 Å². The number of epoxide rings is 1. The number of nitrogens with zero attached hydrogens (tertiary/aromatic N) is 1. The number of nitrogens with one attached hydrogen (secondary N) is 1. The van der Waals surface area contributed by atoms with E-state index in [0.29, 0.717) is 4.57 Å². The van der Waals surface area contributed by atoms with E-state index in [2.05, 4.69) is 21.9 Å². The van der Waals surface area contributed by atoms with Gasteiger partial charge in [0.05, 0.1) is 0 Å². The van der Waals surface area contributed by atoms with E-state index >= 15 is 0 Å². The Balaban J connectivity index is 2.13. The molecule has 2 fully saturated rings. The topological polar surface area (TPSA) is 79.8 Å². The van der Waals surface area contributed by atoms with Crippen LogP contribution >= 0.6 is 12.2 Å². The number of alkyl halides is 4. The first kappa shape index (κ1) is 14.6. The van der Waals surface area contributed by atoms with E-state index in [1.807, 2.05) is 0 Å².